The first kappa shape index (κ1) is 24.9. The third kappa shape index (κ3) is 4.40. The van der Waals surface area contributed by atoms with E-state index in [0.29, 0.717) is 30.8 Å². The molecule has 5 nitrogen and oxygen atoms in total. The minimum atomic E-state index is -1.35. The fourth-order valence-electron chi connectivity index (χ4n) is 6.67. The number of nitrogens with one attached hydrogen (secondary N) is 1. The molecule has 3 N–H and O–H groups in total. The predicted molar refractivity (Wildman–Crippen MR) is 133 cm³/mol. The molecule has 0 bridgehead atoms. The molecule has 1 unspecified atom stereocenters. The largest absolute Gasteiger partial charge is 0.393 e. The Morgan fingerprint density at radius 1 is 1.09 bits per heavy atom. The van der Waals surface area contributed by atoms with E-state index in [9.17, 15) is 19.8 Å². The number of aliphatic hydroxyl groups is 2. The first-order valence-corrected chi connectivity index (χ1v) is 12.9. The Labute approximate surface area is 203 Å². The molecule has 1 heterocycles. The number of carbonyl (C=O) groups is 2. The van der Waals surface area contributed by atoms with Gasteiger partial charge in [-0.15, -0.1) is 0 Å². The molecule has 1 amide bonds. The lowest BCUT2D eigenvalue weighted by Crippen LogP contribution is -2.58. The van der Waals surface area contributed by atoms with Gasteiger partial charge in [0.05, 0.1) is 12.2 Å². The molecular formula is C29H39NO4. The van der Waals surface area contributed by atoms with Crippen molar-refractivity contribution in [2.24, 2.45) is 29.1 Å². The van der Waals surface area contributed by atoms with Crippen LogP contribution in [0.5, 0.6) is 0 Å². The highest BCUT2D eigenvalue weighted by Gasteiger charge is 2.68. The second kappa shape index (κ2) is 10.2. The summed E-state index contributed by atoms with van der Waals surface area (Å²) in [4.78, 5) is 27.9. The van der Waals surface area contributed by atoms with Crippen molar-refractivity contribution >= 4 is 11.7 Å². The Kier molecular flexibility index (Phi) is 7.44. The molecule has 34 heavy (non-hydrogen) atoms. The molecule has 5 heteroatoms. The zero-order valence-electron chi connectivity index (χ0n) is 20.5. The maximum atomic E-state index is 14.0. The van der Waals surface area contributed by atoms with E-state index in [1.807, 2.05) is 49.4 Å². The summed E-state index contributed by atoms with van der Waals surface area (Å²) in [5, 5.41) is 25.0. The van der Waals surface area contributed by atoms with Crippen molar-refractivity contribution in [3.05, 3.63) is 60.2 Å². The summed E-state index contributed by atoms with van der Waals surface area (Å²) in [6.07, 6.45) is 6.94. The van der Waals surface area contributed by atoms with E-state index in [2.05, 4.69) is 18.8 Å². The van der Waals surface area contributed by atoms with Crippen molar-refractivity contribution < 1.29 is 19.8 Å². The van der Waals surface area contributed by atoms with Gasteiger partial charge in [-0.2, -0.15) is 0 Å². The lowest BCUT2D eigenvalue weighted by Gasteiger charge is -2.49. The van der Waals surface area contributed by atoms with Gasteiger partial charge in [-0.3, -0.25) is 9.59 Å². The normalized spacial score (nSPS) is 40.2. The number of amides is 1. The molecule has 1 saturated heterocycles. The highest BCUT2D eigenvalue weighted by atomic mass is 16.3. The summed E-state index contributed by atoms with van der Waals surface area (Å²) in [5.74, 6) is -1.18. The van der Waals surface area contributed by atoms with Gasteiger partial charge in [0.2, 0.25) is 5.91 Å². The Morgan fingerprint density at radius 2 is 1.82 bits per heavy atom. The summed E-state index contributed by atoms with van der Waals surface area (Å²) >= 11 is 0. The van der Waals surface area contributed by atoms with Crippen LogP contribution in [-0.2, 0) is 16.0 Å². The van der Waals surface area contributed by atoms with Crippen LogP contribution < -0.4 is 5.32 Å². The quantitative estimate of drug-likeness (QED) is 0.455. The molecule has 2 aliphatic carbocycles. The van der Waals surface area contributed by atoms with Crippen molar-refractivity contribution in [2.75, 3.05) is 0 Å². The molecule has 1 aromatic rings. The molecule has 1 saturated carbocycles. The van der Waals surface area contributed by atoms with Gasteiger partial charge in [0.15, 0.2) is 0 Å². The van der Waals surface area contributed by atoms with Crippen LogP contribution in [0.25, 0.3) is 0 Å². The van der Waals surface area contributed by atoms with Crippen LogP contribution >= 0.6 is 0 Å². The van der Waals surface area contributed by atoms with Gasteiger partial charge in [-0.25, -0.2) is 0 Å². The maximum Gasteiger partial charge on any atom is 0.235 e. The molecular weight excluding hydrogens is 426 g/mol. The van der Waals surface area contributed by atoms with Crippen molar-refractivity contribution in [1.82, 2.24) is 5.32 Å². The first-order valence-electron chi connectivity index (χ1n) is 12.9. The summed E-state index contributed by atoms with van der Waals surface area (Å²) in [5.41, 5.74) is 0.435. The van der Waals surface area contributed by atoms with Crippen molar-refractivity contribution in [3.8, 4) is 0 Å². The SMILES string of the molecule is C=C1[C@@H](C)[C@H]2[C@H](Cc3ccccc3)NC(=O)C23C(=O)CC[C@H](O)CCC[C@@H](C)C/C=C/[C@H]3[C@@H]1O. The topological polar surface area (TPSA) is 86.6 Å². The highest BCUT2D eigenvalue weighted by molar-refractivity contribution is 6.09. The molecule has 4 rings (SSSR count). The van der Waals surface area contributed by atoms with Crippen LogP contribution in [0.1, 0.15) is 57.9 Å². The molecule has 1 aliphatic heterocycles. The zero-order chi connectivity index (χ0) is 24.5. The molecule has 0 aromatic heterocycles. The standard InChI is InChI=1S/C29H39NO4/c1-18-9-7-13-22(31)15-16-25(32)29-23(14-8-10-18)27(33)20(3)19(2)26(29)24(30-28(29)34)17-21-11-5-4-6-12-21/h4-6,8,11-12,14,18-19,22-24,26-27,31,33H,3,7,9-10,13,15-17H2,1-2H3,(H,30,34)/b14-8+/t18-,19-,22-,23+,24+,26+,27-,29?/m1/s1. The van der Waals surface area contributed by atoms with E-state index in [0.717, 1.165) is 24.8 Å². The van der Waals surface area contributed by atoms with Gasteiger partial charge in [-0.1, -0.05) is 75.8 Å². The second-order valence-electron chi connectivity index (χ2n) is 10.8. The molecule has 8 atom stereocenters. The molecule has 3 aliphatic rings. The van der Waals surface area contributed by atoms with E-state index in [-0.39, 0.29) is 36.0 Å². The molecule has 1 spiro atoms. The number of ketones is 1. The van der Waals surface area contributed by atoms with Crippen LogP contribution in [0, 0.1) is 29.1 Å². The van der Waals surface area contributed by atoms with Crippen molar-refractivity contribution in [1.29, 1.82) is 0 Å². The Morgan fingerprint density at radius 3 is 2.56 bits per heavy atom. The van der Waals surface area contributed by atoms with Crippen LogP contribution in [0.3, 0.4) is 0 Å². The highest BCUT2D eigenvalue weighted by Crippen LogP contribution is 2.56. The monoisotopic (exact) mass is 465 g/mol. The van der Waals surface area contributed by atoms with E-state index in [4.69, 9.17) is 0 Å². The Bertz CT molecular complexity index is 941. The number of rotatable bonds is 2. The average Bonchev–Trinajstić information content (AvgIpc) is 3.11. The smallest absolute Gasteiger partial charge is 0.235 e. The van der Waals surface area contributed by atoms with E-state index < -0.39 is 23.5 Å². The second-order valence-corrected chi connectivity index (χ2v) is 10.8. The third-order valence-electron chi connectivity index (χ3n) is 8.60. The summed E-state index contributed by atoms with van der Waals surface area (Å²) < 4.78 is 0. The number of aliphatic hydroxyl groups excluding tert-OH is 2. The number of hydrogen-bond acceptors (Lipinski definition) is 4. The predicted octanol–water partition coefficient (Wildman–Crippen LogP) is 3.99. The van der Waals surface area contributed by atoms with E-state index in [1.165, 1.54) is 0 Å². The molecule has 1 aromatic carbocycles. The lowest BCUT2D eigenvalue weighted by atomic mass is 9.51. The van der Waals surface area contributed by atoms with Crippen molar-refractivity contribution in [3.63, 3.8) is 0 Å². The fraction of sp³-hybridized carbons (Fsp3) is 0.586. The van der Waals surface area contributed by atoms with E-state index in [1.54, 1.807) is 0 Å². The summed E-state index contributed by atoms with van der Waals surface area (Å²) in [6, 6.07) is 9.77. The molecule has 184 valence electrons. The number of allylic oxidation sites excluding steroid dienone is 1. The van der Waals surface area contributed by atoms with Crippen LogP contribution in [-0.4, -0.2) is 40.2 Å². The maximum absolute atomic E-state index is 14.0. The first-order chi connectivity index (χ1) is 16.3. The third-order valence-corrected chi connectivity index (χ3v) is 8.60. The number of hydrogen-bond donors (Lipinski definition) is 3. The number of benzene rings is 1. The van der Waals surface area contributed by atoms with Gasteiger partial charge in [-0.05, 0) is 48.7 Å². The summed E-state index contributed by atoms with van der Waals surface area (Å²) in [7, 11) is 0. The van der Waals surface area contributed by atoms with Gasteiger partial charge in [0.1, 0.15) is 11.2 Å². The number of Topliss-reactive ketones (excluding diaryl/α,β-unsaturated/α-hetero) is 1. The van der Waals surface area contributed by atoms with Crippen molar-refractivity contribution in [2.45, 2.75) is 77.0 Å². The Balaban J connectivity index is 1.79. The lowest BCUT2D eigenvalue weighted by molar-refractivity contribution is -0.152. The van der Waals surface area contributed by atoms with Gasteiger partial charge >= 0.3 is 0 Å². The zero-order valence-corrected chi connectivity index (χ0v) is 20.5. The molecule has 0 radical (unpaired) electrons. The van der Waals surface area contributed by atoms with Crippen LogP contribution in [0.15, 0.2) is 54.6 Å². The van der Waals surface area contributed by atoms with E-state index >= 15 is 0 Å². The van der Waals surface area contributed by atoms with Gasteiger partial charge in [0, 0.05) is 24.3 Å². The number of carbonyl (C=O) groups excluding carboxylic acids is 2. The minimum Gasteiger partial charge on any atom is -0.393 e. The van der Waals surface area contributed by atoms with Crippen LogP contribution in [0.2, 0.25) is 0 Å². The minimum absolute atomic E-state index is 0.134. The van der Waals surface area contributed by atoms with Crippen LogP contribution in [0.4, 0.5) is 0 Å². The fourth-order valence-corrected chi connectivity index (χ4v) is 6.67. The Hall–Kier alpha value is -2.24. The van der Waals surface area contributed by atoms with Gasteiger partial charge in [0.25, 0.3) is 0 Å². The molecule has 2 fully saturated rings. The summed E-state index contributed by atoms with van der Waals surface area (Å²) in [6.45, 7) is 8.38. The van der Waals surface area contributed by atoms with Gasteiger partial charge < -0.3 is 15.5 Å². The average molecular weight is 466 g/mol.